The highest BCUT2D eigenvalue weighted by Crippen LogP contribution is 2.28. The van der Waals surface area contributed by atoms with Gasteiger partial charge < -0.3 is 15.0 Å². The molecule has 1 amide bonds. The van der Waals surface area contributed by atoms with E-state index < -0.39 is 0 Å². The van der Waals surface area contributed by atoms with Crippen molar-refractivity contribution in [2.24, 2.45) is 7.05 Å². The fourth-order valence-electron chi connectivity index (χ4n) is 3.49. The van der Waals surface area contributed by atoms with E-state index in [1.54, 1.807) is 17.9 Å². The number of hydrogen-bond acceptors (Lipinski definition) is 8. The Balaban J connectivity index is 1.51. The number of ether oxygens (including phenoxy) is 1. The van der Waals surface area contributed by atoms with Crippen molar-refractivity contribution in [1.82, 2.24) is 34.8 Å². The van der Waals surface area contributed by atoms with Crippen LogP contribution in [0.2, 0.25) is 0 Å². The smallest absolute Gasteiger partial charge is 0.258 e. The zero-order valence-electron chi connectivity index (χ0n) is 16.8. The van der Waals surface area contributed by atoms with Crippen LogP contribution in [0.1, 0.15) is 23.2 Å². The molecule has 0 atom stereocenters. The van der Waals surface area contributed by atoms with Crippen LogP contribution in [0.15, 0.2) is 17.6 Å². The van der Waals surface area contributed by atoms with Gasteiger partial charge in [0.2, 0.25) is 5.88 Å². The SMILES string of the molecule is COc1nn(C)cc1C(=O)NCCn1ncc2c(N3CCCC3)nc(SC)nc21. The molecule has 0 unspecified atom stereocenters. The first kappa shape index (κ1) is 19.5. The Morgan fingerprint density at radius 3 is 2.83 bits per heavy atom. The van der Waals surface area contributed by atoms with Crippen molar-refractivity contribution in [1.29, 1.82) is 0 Å². The maximum atomic E-state index is 12.4. The summed E-state index contributed by atoms with van der Waals surface area (Å²) < 4.78 is 8.52. The maximum Gasteiger partial charge on any atom is 0.258 e. The maximum absolute atomic E-state index is 12.4. The van der Waals surface area contributed by atoms with E-state index in [1.807, 2.05) is 17.1 Å². The van der Waals surface area contributed by atoms with Crippen LogP contribution in [0, 0.1) is 0 Å². The fourth-order valence-corrected chi connectivity index (χ4v) is 3.85. The molecule has 0 saturated carbocycles. The summed E-state index contributed by atoms with van der Waals surface area (Å²) >= 11 is 1.52. The molecule has 1 N–H and O–H groups in total. The average Bonchev–Trinajstić information content (AvgIpc) is 3.47. The molecule has 0 aromatic carbocycles. The Hall–Kier alpha value is -2.82. The lowest BCUT2D eigenvalue weighted by Gasteiger charge is -2.17. The lowest BCUT2D eigenvalue weighted by Crippen LogP contribution is -2.27. The van der Waals surface area contributed by atoms with Crippen molar-refractivity contribution in [3.8, 4) is 5.88 Å². The van der Waals surface area contributed by atoms with Crippen LogP contribution in [-0.2, 0) is 13.6 Å². The number of anilines is 1. The van der Waals surface area contributed by atoms with Gasteiger partial charge in [-0.05, 0) is 19.1 Å². The van der Waals surface area contributed by atoms with E-state index in [1.165, 1.54) is 31.7 Å². The predicted octanol–water partition coefficient (Wildman–Crippen LogP) is 1.32. The monoisotopic (exact) mass is 416 g/mol. The van der Waals surface area contributed by atoms with E-state index in [0.29, 0.717) is 24.5 Å². The standard InChI is InChI=1S/C18H24N8O2S/c1-24-11-13(17(23-24)28-2)16(27)19-6-9-26-15-12(10-20-26)14(21-18(22-15)29-3)25-7-4-5-8-25/h10-11H,4-9H2,1-3H3,(H,19,27). The summed E-state index contributed by atoms with van der Waals surface area (Å²) in [7, 11) is 3.24. The molecule has 4 rings (SSSR count). The van der Waals surface area contributed by atoms with E-state index in [-0.39, 0.29) is 5.91 Å². The van der Waals surface area contributed by atoms with Crippen molar-refractivity contribution in [3.05, 3.63) is 18.0 Å². The first-order valence-corrected chi connectivity index (χ1v) is 10.7. The van der Waals surface area contributed by atoms with Crippen molar-refractivity contribution in [3.63, 3.8) is 0 Å². The molecule has 3 aromatic heterocycles. The number of nitrogens with one attached hydrogen (secondary N) is 1. The summed E-state index contributed by atoms with van der Waals surface area (Å²) in [5, 5.41) is 13.2. The molecule has 1 saturated heterocycles. The largest absolute Gasteiger partial charge is 0.479 e. The number of hydrogen-bond donors (Lipinski definition) is 1. The topological polar surface area (TPSA) is 103 Å². The molecule has 10 nitrogen and oxygen atoms in total. The fraction of sp³-hybridized carbons (Fsp3) is 0.500. The zero-order chi connectivity index (χ0) is 20.4. The lowest BCUT2D eigenvalue weighted by molar-refractivity contribution is 0.0949. The Kier molecular flexibility index (Phi) is 5.56. The second-order valence-electron chi connectivity index (χ2n) is 6.81. The number of carbonyl (C=O) groups is 1. The quantitative estimate of drug-likeness (QED) is 0.454. The number of methoxy groups -OCH3 is 1. The minimum atomic E-state index is -0.233. The molecule has 0 spiro atoms. The number of fused-ring (bicyclic) bond motifs is 1. The van der Waals surface area contributed by atoms with Crippen LogP contribution in [0.5, 0.6) is 5.88 Å². The molecule has 11 heteroatoms. The molecule has 0 bridgehead atoms. The van der Waals surface area contributed by atoms with Gasteiger partial charge in [-0.3, -0.25) is 9.48 Å². The molecule has 1 aliphatic rings. The van der Waals surface area contributed by atoms with Crippen molar-refractivity contribution < 1.29 is 9.53 Å². The number of aryl methyl sites for hydroxylation is 1. The van der Waals surface area contributed by atoms with Gasteiger partial charge >= 0.3 is 0 Å². The summed E-state index contributed by atoms with van der Waals surface area (Å²) in [5.74, 6) is 1.03. The van der Waals surface area contributed by atoms with E-state index in [4.69, 9.17) is 9.72 Å². The van der Waals surface area contributed by atoms with Crippen LogP contribution in [0.3, 0.4) is 0 Å². The Bertz CT molecular complexity index is 1020. The van der Waals surface area contributed by atoms with Gasteiger partial charge in [-0.2, -0.15) is 5.10 Å². The lowest BCUT2D eigenvalue weighted by atomic mass is 10.3. The summed E-state index contributed by atoms with van der Waals surface area (Å²) in [4.78, 5) is 24.1. The van der Waals surface area contributed by atoms with Crippen molar-refractivity contribution >= 4 is 34.5 Å². The van der Waals surface area contributed by atoms with Crippen molar-refractivity contribution in [2.75, 3.05) is 37.9 Å². The normalized spacial score (nSPS) is 14.0. The summed E-state index contributed by atoms with van der Waals surface area (Å²) in [6.45, 7) is 2.93. The third-order valence-electron chi connectivity index (χ3n) is 4.89. The second kappa shape index (κ2) is 8.27. The first-order chi connectivity index (χ1) is 14.1. The second-order valence-corrected chi connectivity index (χ2v) is 7.59. The predicted molar refractivity (Wildman–Crippen MR) is 111 cm³/mol. The van der Waals surface area contributed by atoms with Crippen LogP contribution in [0.4, 0.5) is 5.82 Å². The van der Waals surface area contributed by atoms with Crippen LogP contribution in [-0.4, -0.2) is 68.4 Å². The van der Waals surface area contributed by atoms with E-state index >= 15 is 0 Å². The van der Waals surface area contributed by atoms with E-state index in [2.05, 4.69) is 25.4 Å². The van der Waals surface area contributed by atoms with Crippen molar-refractivity contribution in [2.45, 2.75) is 24.5 Å². The van der Waals surface area contributed by atoms with Gasteiger partial charge in [0, 0.05) is 32.9 Å². The Labute approximate surface area is 172 Å². The third-order valence-corrected chi connectivity index (χ3v) is 5.43. The number of rotatable bonds is 7. The average molecular weight is 417 g/mol. The highest BCUT2D eigenvalue weighted by atomic mass is 32.2. The molecule has 29 heavy (non-hydrogen) atoms. The molecule has 4 heterocycles. The third kappa shape index (κ3) is 3.86. The van der Waals surface area contributed by atoms with Gasteiger partial charge in [-0.25, -0.2) is 14.6 Å². The molecule has 0 radical (unpaired) electrons. The van der Waals surface area contributed by atoms with E-state index in [0.717, 1.165) is 35.1 Å². The van der Waals surface area contributed by atoms with Crippen LogP contribution >= 0.6 is 11.8 Å². The molecular weight excluding hydrogens is 392 g/mol. The van der Waals surface area contributed by atoms with Gasteiger partial charge in [0.05, 0.1) is 25.2 Å². The number of carbonyl (C=O) groups excluding carboxylic acids is 1. The van der Waals surface area contributed by atoms with Gasteiger partial charge in [-0.15, -0.1) is 5.10 Å². The van der Waals surface area contributed by atoms with Crippen LogP contribution in [0.25, 0.3) is 11.0 Å². The molecular formula is C18H24N8O2S. The zero-order valence-corrected chi connectivity index (χ0v) is 17.6. The molecule has 1 aliphatic heterocycles. The number of thioether (sulfide) groups is 1. The highest BCUT2D eigenvalue weighted by molar-refractivity contribution is 7.98. The molecule has 0 aliphatic carbocycles. The van der Waals surface area contributed by atoms with E-state index in [9.17, 15) is 4.79 Å². The highest BCUT2D eigenvalue weighted by Gasteiger charge is 2.21. The minimum absolute atomic E-state index is 0.233. The van der Waals surface area contributed by atoms with Crippen LogP contribution < -0.4 is 15.0 Å². The number of amides is 1. The van der Waals surface area contributed by atoms with Gasteiger partial charge in [0.25, 0.3) is 5.91 Å². The van der Waals surface area contributed by atoms with Gasteiger partial charge in [0.15, 0.2) is 10.8 Å². The molecule has 1 fully saturated rings. The molecule has 154 valence electrons. The number of aromatic nitrogens is 6. The summed E-state index contributed by atoms with van der Waals surface area (Å²) in [6.07, 6.45) is 7.78. The van der Waals surface area contributed by atoms with Gasteiger partial charge in [0.1, 0.15) is 11.4 Å². The number of nitrogens with zero attached hydrogens (tertiary/aromatic N) is 7. The first-order valence-electron chi connectivity index (χ1n) is 9.49. The summed E-state index contributed by atoms with van der Waals surface area (Å²) in [5.41, 5.74) is 1.20. The molecule has 3 aromatic rings. The van der Waals surface area contributed by atoms with Gasteiger partial charge in [-0.1, -0.05) is 11.8 Å². The Morgan fingerprint density at radius 2 is 2.10 bits per heavy atom. The summed E-state index contributed by atoms with van der Waals surface area (Å²) in [6, 6.07) is 0. The minimum Gasteiger partial charge on any atom is -0.479 e. The Morgan fingerprint density at radius 1 is 1.31 bits per heavy atom.